The zero-order valence-electron chi connectivity index (χ0n) is 14.3. The number of urea groups is 1. The molecule has 3 rings (SSSR count). The Bertz CT molecular complexity index is 727. The number of anilines is 1. The fraction of sp³-hybridized carbons (Fsp3) is 0.350. The summed E-state index contributed by atoms with van der Waals surface area (Å²) >= 11 is 0. The van der Waals surface area contributed by atoms with Crippen molar-refractivity contribution in [3.05, 3.63) is 59.2 Å². The number of carbonyl (C=O) groups excluding carboxylic acids is 1. The van der Waals surface area contributed by atoms with Crippen LogP contribution in [0.25, 0.3) is 0 Å². The molecule has 0 spiro atoms. The van der Waals surface area contributed by atoms with Crippen LogP contribution >= 0.6 is 0 Å². The van der Waals surface area contributed by atoms with Crippen LogP contribution in [-0.4, -0.2) is 19.2 Å². The second kappa shape index (κ2) is 7.39. The molecule has 0 heterocycles. The number of hydrogen-bond acceptors (Lipinski definition) is 2. The van der Waals surface area contributed by atoms with E-state index >= 15 is 0 Å². The van der Waals surface area contributed by atoms with Crippen molar-refractivity contribution >= 4 is 11.7 Å². The lowest BCUT2D eigenvalue weighted by Crippen LogP contribution is -2.37. The monoisotopic (exact) mass is 324 g/mol. The van der Waals surface area contributed by atoms with Crippen LogP contribution in [-0.2, 0) is 19.3 Å². The van der Waals surface area contributed by atoms with E-state index in [1.165, 1.54) is 17.5 Å². The molecule has 1 aliphatic rings. The summed E-state index contributed by atoms with van der Waals surface area (Å²) < 4.78 is 5.23. The first-order valence-corrected chi connectivity index (χ1v) is 8.46. The van der Waals surface area contributed by atoms with Gasteiger partial charge in [0.1, 0.15) is 5.75 Å². The molecule has 2 amide bonds. The molecular formula is C20H24N2O2. The molecule has 4 heteroatoms. The summed E-state index contributed by atoms with van der Waals surface area (Å²) in [6.45, 7) is 2.00. The summed E-state index contributed by atoms with van der Waals surface area (Å²) in [6, 6.07) is 14.0. The normalized spacial score (nSPS) is 13.9. The fourth-order valence-electron chi connectivity index (χ4n) is 3.24. The summed E-state index contributed by atoms with van der Waals surface area (Å²) in [4.78, 5) is 12.2. The molecular weight excluding hydrogens is 300 g/mol. The van der Waals surface area contributed by atoms with Crippen LogP contribution in [0, 0.1) is 0 Å². The number of fused-ring (bicyclic) bond motifs is 1. The first-order valence-electron chi connectivity index (χ1n) is 8.46. The smallest absolute Gasteiger partial charge is 0.319 e. The number of ether oxygens (including phenoxy) is 1. The van der Waals surface area contributed by atoms with Gasteiger partial charge in [-0.1, -0.05) is 18.2 Å². The molecule has 0 aromatic heterocycles. The van der Waals surface area contributed by atoms with E-state index in [1.54, 1.807) is 7.11 Å². The number of hydrogen-bond donors (Lipinski definition) is 2. The molecule has 0 bridgehead atoms. The standard InChI is InChI=1S/C20H24N2O2/c1-14(11-15-5-3-8-19(12-15)24-2)21-20(23)22-18-10-9-16-6-4-7-17(16)13-18/h3,5,8-10,12-14H,4,6-7,11H2,1-2H3,(H2,21,22,23). The number of nitrogens with one attached hydrogen (secondary N) is 2. The van der Waals surface area contributed by atoms with Crippen LogP contribution < -0.4 is 15.4 Å². The van der Waals surface area contributed by atoms with Crippen molar-refractivity contribution in [3.8, 4) is 5.75 Å². The highest BCUT2D eigenvalue weighted by Gasteiger charge is 2.13. The van der Waals surface area contributed by atoms with Crippen molar-refractivity contribution in [2.24, 2.45) is 0 Å². The molecule has 1 unspecified atom stereocenters. The number of carbonyl (C=O) groups is 1. The van der Waals surface area contributed by atoms with Gasteiger partial charge in [-0.05, 0) is 73.6 Å². The SMILES string of the molecule is COc1cccc(CC(C)NC(=O)Nc2ccc3c(c2)CCC3)c1. The minimum Gasteiger partial charge on any atom is -0.497 e. The number of rotatable bonds is 5. The summed E-state index contributed by atoms with van der Waals surface area (Å²) in [6.07, 6.45) is 4.23. The van der Waals surface area contributed by atoms with Crippen LogP contribution in [0.3, 0.4) is 0 Å². The second-order valence-electron chi connectivity index (χ2n) is 6.39. The van der Waals surface area contributed by atoms with E-state index in [9.17, 15) is 4.79 Å². The van der Waals surface area contributed by atoms with Crippen molar-refractivity contribution in [2.45, 2.75) is 38.6 Å². The van der Waals surface area contributed by atoms with Crippen molar-refractivity contribution in [2.75, 3.05) is 12.4 Å². The Balaban J connectivity index is 1.54. The van der Waals surface area contributed by atoms with Gasteiger partial charge >= 0.3 is 6.03 Å². The van der Waals surface area contributed by atoms with E-state index in [4.69, 9.17) is 4.74 Å². The minimum atomic E-state index is -0.164. The summed E-state index contributed by atoms with van der Waals surface area (Å²) in [5, 5.41) is 5.93. The highest BCUT2D eigenvalue weighted by atomic mass is 16.5. The molecule has 0 radical (unpaired) electrons. The summed E-state index contributed by atoms with van der Waals surface area (Å²) in [5.74, 6) is 0.835. The van der Waals surface area contributed by atoms with Crippen LogP contribution in [0.15, 0.2) is 42.5 Å². The lowest BCUT2D eigenvalue weighted by molar-refractivity contribution is 0.249. The van der Waals surface area contributed by atoms with Gasteiger partial charge in [0.05, 0.1) is 7.11 Å². The van der Waals surface area contributed by atoms with Crippen LogP contribution in [0.5, 0.6) is 5.75 Å². The highest BCUT2D eigenvalue weighted by molar-refractivity contribution is 5.89. The van der Waals surface area contributed by atoms with E-state index < -0.39 is 0 Å². The van der Waals surface area contributed by atoms with Gasteiger partial charge in [-0.2, -0.15) is 0 Å². The maximum absolute atomic E-state index is 12.2. The van der Waals surface area contributed by atoms with E-state index in [0.717, 1.165) is 36.3 Å². The maximum atomic E-state index is 12.2. The molecule has 2 N–H and O–H groups in total. The average molecular weight is 324 g/mol. The Morgan fingerprint density at radius 1 is 1.17 bits per heavy atom. The van der Waals surface area contributed by atoms with E-state index in [0.29, 0.717) is 0 Å². The minimum absolute atomic E-state index is 0.0338. The molecule has 1 atom stereocenters. The number of amides is 2. The van der Waals surface area contributed by atoms with Gasteiger partial charge in [-0.3, -0.25) is 0 Å². The summed E-state index contributed by atoms with van der Waals surface area (Å²) in [5.41, 5.74) is 4.77. The van der Waals surface area contributed by atoms with Crippen molar-refractivity contribution in [1.82, 2.24) is 5.32 Å². The van der Waals surface area contributed by atoms with E-state index in [-0.39, 0.29) is 12.1 Å². The molecule has 2 aromatic carbocycles. The van der Waals surface area contributed by atoms with Crippen LogP contribution in [0.4, 0.5) is 10.5 Å². The Morgan fingerprint density at radius 2 is 2.00 bits per heavy atom. The van der Waals surface area contributed by atoms with Gasteiger partial charge in [0, 0.05) is 11.7 Å². The van der Waals surface area contributed by atoms with Crippen molar-refractivity contribution < 1.29 is 9.53 Å². The Morgan fingerprint density at radius 3 is 2.83 bits per heavy atom. The van der Waals surface area contributed by atoms with Gasteiger partial charge in [0.25, 0.3) is 0 Å². The molecule has 0 fully saturated rings. The number of benzene rings is 2. The van der Waals surface area contributed by atoms with Crippen LogP contribution in [0.2, 0.25) is 0 Å². The highest BCUT2D eigenvalue weighted by Crippen LogP contribution is 2.24. The van der Waals surface area contributed by atoms with Crippen molar-refractivity contribution in [1.29, 1.82) is 0 Å². The van der Waals surface area contributed by atoms with Gasteiger partial charge in [0.2, 0.25) is 0 Å². The Labute approximate surface area is 143 Å². The fourth-order valence-corrected chi connectivity index (χ4v) is 3.24. The maximum Gasteiger partial charge on any atom is 0.319 e. The summed E-state index contributed by atoms with van der Waals surface area (Å²) in [7, 11) is 1.66. The first-order chi connectivity index (χ1) is 11.6. The zero-order chi connectivity index (χ0) is 16.9. The third kappa shape index (κ3) is 4.07. The molecule has 4 nitrogen and oxygen atoms in total. The quantitative estimate of drug-likeness (QED) is 0.875. The molecule has 0 saturated carbocycles. The Hall–Kier alpha value is -2.49. The van der Waals surface area contributed by atoms with Gasteiger partial charge in [-0.25, -0.2) is 4.79 Å². The Kier molecular flexibility index (Phi) is 5.04. The van der Waals surface area contributed by atoms with Crippen molar-refractivity contribution in [3.63, 3.8) is 0 Å². The van der Waals surface area contributed by atoms with Gasteiger partial charge < -0.3 is 15.4 Å². The third-order valence-corrected chi connectivity index (χ3v) is 4.41. The topological polar surface area (TPSA) is 50.4 Å². The second-order valence-corrected chi connectivity index (χ2v) is 6.39. The lowest BCUT2D eigenvalue weighted by Gasteiger charge is -2.15. The predicted octanol–water partition coefficient (Wildman–Crippen LogP) is 3.94. The largest absolute Gasteiger partial charge is 0.497 e. The molecule has 0 aliphatic heterocycles. The molecule has 0 saturated heterocycles. The van der Waals surface area contributed by atoms with Gasteiger partial charge in [-0.15, -0.1) is 0 Å². The van der Waals surface area contributed by atoms with E-state index in [2.05, 4.69) is 22.8 Å². The lowest BCUT2D eigenvalue weighted by atomic mass is 10.1. The van der Waals surface area contributed by atoms with E-state index in [1.807, 2.05) is 37.3 Å². The average Bonchev–Trinajstić information content (AvgIpc) is 3.02. The molecule has 24 heavy (non-hydrogen) atoms. The number of aryl methyl sites for hydroxylation is 2. The number of methoxy groups -OCH3 is 1. The first kappa shape index (κ1) is 16.4. The molecule has 126 valence electrons. The zero-order valence-corrected chi connectivity index (χ0v) is 14.3. The third-order valence-electron chi connectivity index (χ3n) is 4.41. The van der Waals surface area contributed by atoms with Gasteiger partial charge in [0.15, 0.2) is 0 Å². The molecule has 2 aromatic rings. The molecule has 1 aliphatic carbocycles. The predicted molar refractivity (Wildman–Crippen MR) is 96.8 cm³/mol. The van der Waals surface area contributed by atoms with Crippen LogP contribution in [0.1, 0.15) is 30.0 Å².